The number of halogens is 1. The maximum Gasteiger partial charge on any atom is 0.235 e. The van der Waals surface area contributed by atoms with Gasteiger partial charge in [-0.05, 0) is 41.3 Å². The highest BCUT2D eigenvalue weighted by Gasteiger charge is 2.47. The van der Waals surface area contributed by atoms with E-state index in [-0.39, 0.29) is 5.54 Å². The highest BCUT2D eigenvalue weighted by Crippen LogP contribution is 2.53. The van der Waals surface area contributed by atoms with Crippen LogP contribution < -0.4 is 4.74 Å². The van der Waals surface area contributed by atoms with E-state index in [1.54, 1.807) is 13.2 Å². The van der Waals surface area contributed by atoms with Crippen molar-refractivity contribution in [3.05, 3.63) is 27.7 Å². The van der Waals surface area contributed by atoms with Crippen LogP contribution in [0.4, 0.5) is 0 Å². The van der Waals surface area contributed by atoms with Gasteiger partial charge in [0.25, 0.3) is 0 Å². The lowest BCUT2D eigenvalue weighted by atomic mass is 10.0. The fraction of sp³-hybridized carbons (Fsp3) is 0.417. The lowest BCUT2D eigenvalue weighted by Gasteiger charge is -2.16. The molecule has 2 rings (SSSR count). The highest BCUT2D eigenvalue weighted by molar-refractivity contribution is 9.10. The first-order chi connectivity index (χ1) is 7.64. The molecule has 84 valence electrons. The molecule has 1 aromatic rings. The van der Waals surface area contributed by atoms with Crippen LogP contribution in [-0.4, -0.2) is 13.2 Å². The summed E-state index contributed by atoms with van der Waals surface area (Å²) in [6, 6.07) is 3.98. The molecule has 0 atom stereocenters. The predicted octanol–water partition coefficient (Wildman–Crippen LogP) is 3.09. The molecule has 1 aliphatic carbocycles. The monoisotopic (exact) mass is 281 g/mol. The number of isocyanates is 1. The second-order valence-corrected chi connectivity index (χ2v) is 4.80. The van der Waals surface area contributed by atoms with E-state index < -0.39 is 0 Å². The molecular weight excluding hydrogens is 270 g/mol. The van der Waals surface area contributed by atoms with Crippen molar-refractivity contribution in [3.8, 4) is 5.75 Å². The minimum Gasteiger partial charge on any atom is -0.495 e. The van der Waals surface area contributed by atoms with Crippen LogP contribution in [0.3, 0.4) is 0 Å². The van der Waals surface area contributed by atoms with Gasteiger partial charge < -0.3 is 4.74 Å². The maximum atomic E-state index is 10.4. The zero-order chi connectivity index (χ0) is 11.8. The van der Waals surface area contributed by atoms with Gasteiger partial charge in [-0.15, -0.1) is 0 Å². The molecule has 0 aromatic heterocycles. The minimum atomic E-state index is -0.386. The Bertz CT molecular complexity index is 474. The van der Waals surface area contributed by atoms with Crippen LogP contribution in [0.2, 0.25) is 0 Å². The first-order valence-corrected chi connectivity index (χ1v) is 5.86. The fourth-order valence-corrected chi connectivity index (χ4v) is 2.38. The predicted molar refractivity (Wildman–Crippen MR) is 64.5 cm³/mol. The Labute approximate surface area is 103 Å². The number of rotatable bonds is 3. The summed E-state index contributed by atoms with van der Waals surface area (Å²) in [5.74, 6) is 0.775. The van der Waals surface area contributed by atoms with Gasteiger partial charge in [0.2, 0.25) is 6.08 Å². The molecule has 0 saturated heterocycles. The van der Waals surface area contributed by atoms with E-state index in [1.165, 1.54) is 0 Å². The van der Waals surface area contributed by atoms with Crippen LogP contribution >= 0.6 is 15.9 Å². The lowest BCUT2D eigenvalue weighted by molar-refractivity contribution is 0.401. The quantitative estimate of drug-likeness (QED) is 0.631. The van der Waals surface area contributed by atoms with E-state index in [0.29, 0.717) is 0 Å². The summed E-state index contributed by atoms with van der Waals surface area (Å²) in [4.78, 5) is 14.4. The largest absolute Gasteiger partial charge is 0.495 e. The van der Waals surface area contributed by atoms with Gasteiger partial charge in [-0.25, -0.2) is 4.79 Å². The van der Waals surface area contributed by atoms with Gasteiger partial charge in [-0.2, -0.15) is 4.99 Å². The van der Waals surface area contributed by atoms with Gasteiger partial charge in [0.15, 0.2) is 0 Å². The van der Waals surface area contributed by atoms with Crippen LogP contribution in [-0.2, 0) is 10.3 Å². The number of hydrogen-bond donors (Lipinski definition) is 0. The van der Waals surface area contributed by atoms with Gasteiger partial charge in [-0.1, -0.05) is 12.1 Å². The smallest absolute Gasteiger partial charge is 0.235 e. The van der Waals surface area contributed by atoms with Gasteiger partial charge >= 0.3 is 0 Å². The van der Waals surface area contributed by atoms with Crippen molar-refractivity contribution in [1.82, 2.24) is 0 Å². The molecule has 1 fully saturated rings. The number of ether oxygens (including phenoxy) is 1. The summed E-state index contributed by atoms with van der Waals surface area (Å²) in [6.45, 7) is 2.00. The normalized spacial score (nSPS) is 16.4. The van der Waals surface area contributed by atoms with Gasteiger partial charge in [0.1, 0.15) is 11.3 Å². The third-order valence-corrected chi connectivity index (χ3v) is 3.96. The molecule has 16 heavy (non-hydrogen) atoms. The molecule has 1 aromatic carbocycles. The summed E-state index contributed by atoms with van der Waals surface area (Å²) in [5, 5.41) is 0. The van der Waals surface area contributed by atoms with Crippen molar-refractivity contribution in [2.45, 2.75) is 25.3 Å². The second-order valence-electron chi connectivity index (χ2n) is 4.01. The Morgan fingerprint density at radius 3 is 2.69 bits per heavy atom. The van der Waals surface area contributed by atoms with E-state index in [9.17, 15) is 4.79 Å². The number of nitrogens with zero attached hydrogens (tertiary/aromatic N) is 1. The molecule has 1 aliphatic rings. The zero-order valence-electron chi connectivity index (χ0n) is 9.21. The van der Waals surface area contributed by atoms with Crippen LogP contribution in [0.1, 0.15) is 24.0 Å². The first-order valence-electron chi connectivity index (χ1n) is 5.07. The summed E-state index contributed by atoms with van der Waals surface area (Å²) in [5.41, 5.74) is 1.69. The Morgan fingerprint density at radius 1 is 1.50 bits per heavy atom. The molecule has 3 nitrogen and oxygen atoms in total. The molecule has 4 heteroatoms. The Hall–Kier alpha value is -1.12. The van der Waals surface area contributed by atoms with Gasteiger partial charge in [0, 0.05) is 5.56 Å². The summed E-state index contributed by atoms with van der Waals surface area (Å²) >= 11 is 3.50. The zero-order valence-corrected chi connectivity index (χ0v) is 10.8. The Morgan fingerprint density at radius 2 is 2.19 bits per heavy atom. The van der Waals surface area contributed by atoms with Crippen LogP contribution in [0.15, 0.2) is 21.6 Å². The molecule has 0 spiro atoms. The van der Waals surface area contributed by atoms with E-state index >= 15 is 0 Å². The SMILES string of the molecule is COc1c(C2(N=C=O)CC2)ccc(C)c1Br. The van der Waals surface area contributed by atoms with E-state index in [4.69, 9.17) is 4.74 Å². The Balaban J connectivity index is 2.57. The number of methoxy groups -OCH3 is 1. The molecular formula is C12H12BrNO2. The molecule has 0 bridgehead atoms. The summed E-state index contributed by atoms with van der Waals surface area (Å²) in [7, 11) is 1.63. The standard InChI is InChI=1S/C12H12BrNO2/c1-8-3-4-9(11(16-2)10(8)13)12(5-6-12)14-7-15/h3-4H,5-6H2,1-2H3. The summed E-state index contributed by atoms with van der Waals surface area (Å²) < 4.78 is 6.32. The third kappa shape index (κ3) is 1.68. The number of benzene rings is 1. The second kappa shape index (κ2) is 4.04. The third-order valence-electron chi connectivity index (χ3n) is 2.98. The van der Waals surface area contributed by atoms with Crippen molar-refractivity contribution in [2.24, 2.45) is 4.99 Å². The number of aryl methyl sites for hydroxylation is 1. The molecule has 0 radical (unpaired) electrons. The van der Waals surface area contributed by atoms with Gasteiger partial charge in [-0.3, -0.25) is 0 Å². The van der Waals surface area contributed by atoms with Crippen molar-refractivity contribution in [1.29, 1.82) is 0 Å². The van der Waals surface area contributed by atoms with Crippen molar-refractivity contribution in [2.75, 3.05) is 7.11 Å². The molecule has 0 N–H and O–H groups in total. The lowest BCUT2D eigenvalue weighted by Crippen LogP contribution is -2.06. The maximum absolute atomic E-state index is 10.4. The van der Waals surface area contributed by atoms with Crippen LogP contribution in [0.5, 0.6) is 5.75 Å². The fourth-order valence-electron chi connectivity index (χ4n) is 1.87. The Kier molecular flexibility index (Phi) is 2.87. The van der Waals surface area contributed by atoms with E-state index in [1.807, 2.05) is 19.1 Å². The van der Waals surface area contributed by atoms with Crippen molar-refractivity contribution in [3.63, 3.8) is 0 Å². The molecule has 0 unspecified atom stereocenters. The topological polar surface area (TPSA) is 38.7 Å². The highest BCUT2D eigenvalue weighted by atomic mass is 79.9. The minimum absolute atomic E-state index is 0.386. The van der Waals surface area contributed by atoms with Gasteiger partial charge in [0.05, 0.1) is 11.6 Å². The van der Waals surface area contributed by atoms with E-state index in [0.717, 1.165) is 34.2 Å². The molecule has 1 saturated carbocycles. The number of hydrogen-bond acceptors (Lipinski definition) is 3. The average molecular weight is 282 g/mol. The first kappa shape index (κ1) is 11.4. The number of aliphatic imine (C=N–C) groups is 1. The van der Waals surface area contributed by atoms with Crippen molar-refractivity contribution < 1.29 is 9.53 Å². The van der Waals surface area contributed by atoms with Crippen LogP contribution in [0.25, 0.3) is 0 Å². The molecule has 0 aliphatic heterocycles. The molecule has 0 amide bonds. The van der Waals surface area contributed by atoms with Crippen molar-refractivity contribution >= 4 is 22.0 Å². The van der Waals surface area contributed by atoms with E-state index in [2.05, 4.69) is 20.9 Å². The average Bonchev–Trinajstić information content (AvgIpc) is 3.03. The van der Waals surface area contributed by atoms with Crippen LogP contribution in [0, 0.1) is 6.92 Å². The summed E-state index contributed by atoms with van der Waals surface area (Å²) in [6.07, 6.45) is 3.42. The number of carbonyl (C=O) groups excluding carboxylic acids is 1. The molecule has 0 heterocycles.